The fraction of sp³-hybridized carbons (Fsp3) is 0.389. The number of hydrogen-bond donors (Lipinski definition) is 1. The highest BCUT2D eigenvalue weighted by Gasteiger charge is 2.10. The first-order chi connectivity index (χ1) is 11.8. The van der Waals surface area contributed by atoms with Crippen LogP contribution in [0.3, 0.4) is 0 Å². The number of hydrogen-bond acceptors (Lipinski definition) is 6. The molecule has 0 saturated heterocycles. The summed E-state index contributed by atoms with van der Waals surface area (Å²) in [6, 6.07) is 9.65. The molecule has 126 valence electrons. The molecule has 0 aliphatic carbocycles. The molecule has 0 aliphatic rings. The monoisotopic (exact) mass is 326 g/mol. The lowest BCUT2D eigenvalue weighted by atomic mass is 10.2. The third-order valence-electron chi connectivity index (χ3n) is 3.36. The van der Waals surface area contributed by atoms with Crippen LogP contribution in [0.1, 0.15) is 50.3 Å². The molecule has 6 heteroatoms. The van der Waals surface area contributed by atoms with Crippen LogP contribution in [0.2, 0.25) is 0 Å². The predicted molar refractivity (Wildman–Crippen MR) is 93.3 cm³/mol. The van der Waals surface area contributed by atoms with Crippen molar-refractivity contribution in [3.63, 3.8) is 0 Å². The van der Waals surface area contributed by atoms with E-state index in [2.05, 4.69) is 22.4 Å². The molecular weight excluding hydrogens is 304 g/mol. The molecule has 1 N–H and O–H groups in total. The standard InChI is InChI=1S/C18H22N4O2/c1-3-5-6-11-23-15-9-7-14(8-10-15)13-20-22-18-16(12-19)21-17(4-2)24-18/h7-10,13,22H,3-6,11H2,1-2H3/b20-13-. The van der Waals surface area contributed by atoms with Crippen molar-refractivity contribution in [1.29, 1.82) is 5.26 Å². The van der Waals surface area contributed by atoms with Crippen LogP contribution in [0.4, 0.5) is 5.88 Å². The first-order valence-corrected chi connectivity index (χ1v) is 8.18. The van der Waals surface area contributed by atoms with E-state index in [-0.39, 0.29) is 11.6 Å². The molecule has 2 aromatic rings. The van der Waals surface area contributed by atoms with Crippen molar-refractivity contribution >= 4 is 12.1 Å². The van der Waals surface area contributed by atoms with Crippen LogP contribution < -0.4 is 10.2 Å². The van der Waals surface area contributed by atoms with E-state index in [1.165, 1.54) is 12.8 Å². The number of nitrogens with zero attached hydrogens (tertiary/aromatic N) is 3. The van der Waals surface area contributed by atoms with Gasteiger partial charge >= 0.3 is 0 Å². The fourth-order valence-corrected chi connectivity index (χ4v) is 2.02. The molecule has 0 aliphatic heterocycles. The van der Waals surface area contributed by atoms with E-state index in [9.17, 15) is 0 Å². The second kappa shape index (κ2) is 9.36. The maximum atomic E-state index is 9.00. The predicted octanol–water partition coefficient (Wildman–Crippen LogP) is 4.12. The minimum Gasteiger partial charge on any atom is -0.494 e. The van der Waals surface area contributed by atoms with E-state index in [0.717, 1.165) is 24.3 Å². The van der Waals surface area contributed by atoms with Crippen LogP contribution in [0.15, 0.2) is 33.8 Å². The van der Waals surface area contributed by atoms with Crippen molar-refractivity contribution in [1.82, 2.24) is 4.98 Å². The summed E-state index contributed by atoms with van der Waals surface area (Å²) in [7, 11) is 0. The first-order valence-electron chi connectivity index (χ1n) is 8.18. The second-order valence-corrected chi connectivity index (χ2v) is 5.25. The van der Waals surface area contributed by atoms with Crippen LogP contribution in [0.25, 0.3) is 0 Å². The van der Waals surface area contributed by atoms with Crippen LogP contribution in [0.5, 0.6) is 5.75 Å². The number of unbranched alkanes of at least 4 members (excludes halogenated alkanes) is 2. The van der Waals surface area contributed by atoms with Crippen LogP contribution >= 0.6 is 0 Å². The summed E-state index contributed by atoms with van der Waals surface area (Å²) in [4.78, 5) is 4.05. The van der Waals surface area contributed by atoms with Gasteiger partial charge in [-0.05, 0) is 36.2 Å². The van der Waals surface area contributed by atoms with Crippen LogP contribution in [-0.4, -0.2) is 17.8 Å². The summed E-state index contributed by atoms with van der Waals surface area (Å²) in [5.74, 6) is 1.63. The van der Waals surface area contributed by atoms with Gasteiger partial charge in [-0.15, -0.1) is 0 Å². The van der Waals surface area contributed by atoms with Crippen molar-refractivity contribution < 1.29 is 9.15 Å². The quantitative estimate of drug-likeness (QED) is 0.425. The van der Waals surface area contributed by atoms with E-state index in [0.29, 0.717) is 12.3 Å². The number of nitrogens with one attached hydrogen (secondary N) is 1. The van der Waals surface area contributed by atoms with Gasteiger partial charge in [0, 0.05) is 6.42 Å². The minimum atomic E-state index is 0.208. The number of nitriles is 1. The number of aryl methyl sites for hydroxylation is 1. The Labute approximate surface area is 142 Å². The number of aromatic nitrogens is 1. The number of ether oxygens (including phenoxy) is 1. The van der Waals surface area contributed by atoms with Gasteiger partial charge in [0.05, 0.1) is 12.8 Å². The number of rotatable bonds is 9. The van der Waals surface area contributed by atoms with E-state index < -0.39 is 0 Å². The Hall–Kier alpha value is -2.81. The van der Waals surface area contributed by atoms with Gasteiger partial charge in [0.15, 0.2) is 5.89 Å². The fourth-order valence-electron chi connectivity index (χ4n) is 2.02. The molecule has 1 aromatic heterocycles. The molecule has 0 saturated carbocycles. The lowest BCUT2D eigenvalue weighted by Gasteiger charge is -2.05. The summed E-state index contributed by atoms with van der Waals surface area (Å²) < 4.78 is 11.1. The van der Waals surface area contributed by atoms with E-state index in [1.54, 1.807) is 6.21 Å². The van der Waals surface area contributed by atoms with Crippen molar-refractivity contribution in [3.8, 4) is 11.8 Å². The summed E-state index contributed by atoms with van der Waals surface area (Å²) in [6.07, 6.45) is 5.71. The Balaban J connectivity index is 1.88. The molecule has 1 aromatic carbocycles. The topological polar surface area (TPSA) is 83.4 Å². The van der Waals surface area contributed by atoms with E-state index in [4.69, 9.17) is 14.4 Å². The van der Waals surface area contributed by atoms with Gasteiger partial charge < -0.3 is 9.15 Å². The normalized spacial score (nSPS) is 10.7. The zero-order chi connectivity index (χ0) is 17.2. The molecule has 2 rings (SSSR count). The third kappa shape index (κ3) is 5.13. The average Bonchev–Trinajstić information content (AvgIpc) is 3.02. The molecule has 0 spiro atoms. The van der Waals surface area contributed by atoms with Gasteiger partial charge in [-0.25, -0.2) is 10.4 Å². The molecule has 0 amide bonds. The van der Waals surface area contributed by atoms with Gasteiger partial charge in [-0.3, -0.25) is 0 Å². The summed E-state index contributed by atoms with van der Waals surface area (Å²) in [6.45, 7) is 4.82. The van der Waals surface area contributed by atoms with Crippen molar-refractivity contribution in [2.24, 2.45) is 5.10 Å². The average molecular weight is 326 g/mol. The lowest BCUT2D eigenvalue weighted by molar-refractivity contribution is 0.306. The molecule has 0 bridgehead atoms. The third-order valence-corrected chi connectivity index (χ3v) is 3.36. The molecule has 0 fully saturated rings. The molecule has 0 unspecified atom stereocenters. The highest BCUT2D eigenvalue weighted by Crippen LogP contribution is 2.17. The first kappa shape index (κ1) is 17.5. The van der Waals surface area contributed by atoms with Crippen molar-refractivity contribution in [3.05, 3.63) is 41.4 Å². The molecule has 6 nitrogen and oxygen atoms in total. The molecular formula is C18H22N4O2. The van der Waals surface area contributed by atoms with E-state index in [1.807, 2.05) is 37.3 Å². The van der Waals surface area contributed by atoms with Crippen molar-refractivity contribution in [2.45, 2.75) is 39.5 Å². The van der Waals surface area contributed by atoms with Crippen LogP contribution in [0, 0.1) is 11.3 Å². The highest BCUT2D eigenvalue weighted by atomic mass is 16.5. The zero-order valence-corrected chi connectivity index (χ0v) is 14.1. The highest BCUT2D eigenvalue weighted by molar-refractivity contribution is 5.80. The maximum absolute atomic E-state index is 9.00. The molecule has 24 heavy (non-hydrogen) atoms. The van der Waals surface area contributed by atoms with Crippen LogP contribution in [-0.2, 0) is 6.42 Å². The second-order valence-electron chi connectivity index (χ2n) is 5.25. The summed E-state index contributed by atoms with van der Waals surface area (Å²) in [5.41, 5.74) is 3.84. The Morgan fingerprint density at radius 3 is 2.75 bits per heavy atom. The smallest absolute Gasteiger partial charge is 0.252 e. The Morgan fingerprint density at radius 1 is 1.29 bits per heavy atom. The minimum absolute atomic E-state index is 0.208. The number of hydrazone groups is 1. The largest absolute Gasteiger partial charge is 0.494 e. The Bertz CT molecular complexity index is 699. The van der Waals surface area contributed by atoms with E-state index >= 15 is 0 Å². The number of oxazole rings is 1. The number of benzene rings is 1. The Kier molecular flexibility index (Phi) is 6.84. The van der Waals surface area contributed by atoms with Gasteiger partial charge in [-0.1, -0.05) is 26.7 Å². The lowest BCUT2D eigenvalue weighted by Crippen LogP contribution is -1.97. The molecule has 0 atom stereocenters. The van der Waals surface area contributed by atoms with Gasteiger partial charge in [0.25, 0.3) is 5.88 Å². The zero-order valence-electron chi connectivity index (χ0n) is 14.1. The Morgan fingerprint density at radius 2 is 2.08 bits per heavy atom. The van der Waals surface area contributed by atoms with Crippen molar-refractivity contribution in [2.75, 3.05) is 12.0 Å². The SMILES string of the molecule is CCCCCOc1ccc(/C=N\Nc2oc(CC)nc2C#N)cc1. The molecule has 1 heterocycles. The van der Waals surface area contributed by atoms with Gasteiger partial charge in [-0.2, -0.15) is 10.4 Å². The summed E-state index contributed by atoms with van der Waals surface area (Å²) in [5, 5.41) is 13.1. The number of anilines is 1. The molecule has 0 radical (unpaired) electrons. The summed E-state index contributed by atoms with van der Waals surface area (Å²) >= 11 is 0. The van der Waals surface area contributed by atoms with Gasteiger partial charge in [0.2, 0.25) is 5.69 Å². The van der Waals surface area contributed by atoms with Gasteiger partial charge in [0.1, 0.15) is 11.8 Å². The maximum Gasteiger partial charge on any atom is 0.252 e.